The average molecular weight is 265 g/mol. The van der Waals surface area contributed by atoms with Crippen molar-refractivity contribution in [1.29, 1.82) is 0 Å². The average Bonchev–Trinajstić information content (AvgIpc) is 2.82. The summed E-state index contributed by atoms with van der Waals surface area (Å²) in [6.07, 6.45) is 4.17. The van der Waals surface area contributed by atoms with Crippen LogP contribution in [-0.2, 0) is 0 Å². The minimum atomic E-state index is 0.586. The van der Waals surface area contributed by atoms with E-state index in [9.17, 15) is 4.79 Å². The summed E-state index contributed by atoms with van der Waals surface area (Å²) in [6, 6.07) is 6.03. The van der Waals surface area contributed by atoms with Crippen molar-refractivity contribution < 1.29 is 4.79 Å². The second kappa shape index (κ2) is 4.56. The number of pyridine rings is 1. The number of aryl methyl sites for hydroxylation is 3. The van der Waals surface area contributed by atoms with Crippen LogP contribution in [0, 0.1) is 20.8 Å². The molecule has 2 aromatic heterocycles. The van der Waals surface area contributed by atoms with Gasteiger partial charge in [0.1, 0.15) is 12.1 Å². The standard InChI is InChI=1S/C16H15N3O/c1-10-5-14-15(6-11(10)2)19(9-18-14)16-12(3)4-13(8-20)7-17-16/h4-9H,1-3H3. The lowest BCUT2D eigenvalue weighted by Crippen LogP contribution is -2.00. The van der Waals surface area contributed by atoms with Crippen molar-refractivity contribution in [2.24, 2.45) is 0 Å². The van der Waals surface area contributed by atoms with Gasteiger partial charge in [-0.15, -0.1) is 0 Å². The maximum Gasteiger partial charge on any atom is 0.151 e. The van der Waals surface area contributed by atoms with E-state index < -0.39 is 0 Å². The summed E-state index contributed by atoms with van der Waals surface area (Å²) in [4.78, 5) is 19.6. The largest absolute Gasteiger partial charge is 0.298 e. The van der Waals surface area contributed by atoms with Crippen LogP contribution < -0.4 is 0 Å². The highest BCUT2D eigenvalue weighted by atomic mass is 16.1. The number of benzene rings is 1. The first kappa shape index (κ1) is 12.5. The first-order valence-electron chi connectivity index (χ1n) is 6.46. The molecule has 2 heterocycles. The molecule has 3 rings (SSSR count). The van der Waals surface area contributed by atoms with E-state index in [-0.39, 0.29) is 0 Å². The number of imidazole rings is 1. The summed E-state index contributed by atoms with van der Waals surface area (Å²) in [6.45, 7) is 6.11. The van der Waals surface area contributed by atoms with Gasteiger partial charge in [-0.3, -0.25) is 9.36 Å². The molecule has 0 aliphatic carbocycles. The fourth-order valence-corrected chi connectivity index (χ4v) is 2.34. The van der Waals surface area contributed by atoms with Crippen LogP contribution in [0.1, 0.15) is 27.0 Å². The molecule has 100 valence electrons. The molecule has 0 fully saturated rings. The Morgan fingerprint density at radius 1 is 1.00 bits per heavy atom. The van der Waals surface area contributed by atoms with Gasteiger partial charge in [-0.25, -0.2) is 9.97 Å². The van der Waals surface area contributed by atoms with Crippen molar-refractivity contribution in [3.05, 3.63) is 53.0 Å². The van der Waals surface area contributed by atoms with E-state index in [1.54, 1.807) is 12.5 Å². The second-order valence-electron chi connectivity index (χ2n) is 5.07. The molecule has 0 aliphatic rings. The number of rotatable bonds is 2. The molecule has 0 bridgehead atoms. The van der Waals surface area contributed by atoms with Gasteiger partial charge in [0, 0.05) is 11.8 Å². The van der Waals surface area contributed by atoms with E-state index in [1.807, 2.05) is 17.6 Å². The number of aldehydes is 1. The van der Waals surface area contributed by atoms with Crippen molar-refractivity contribution in [2.75, 3.05) is 0 Å². The zero-order valence-electron chi connectivity index (χ0n) is 11.7. The number of fused-ring (bicyclic) bond motifs is 1. The zero-order valence-corrected chi connectivity index (χ0v) is 11.7. The molecule has 0 saturated carbocycles. The Morgan fingerprint density at radius 2 is 1.75 bits per heavy atom. The van der Waals surface area contributed by atoms with Gasteiger partial charge in [0.05, 0.1) is 11.0 Å². The second-order valence-corrected chi connectivity index (χ2v) is 5.07. The Bertz CT molecular complexity index is 818. The third-order valence-corrected chi connectivity index (χ3v) is 3.60. The van der Waals surface area contributed by atoms with E-state index in [4.69, 9.17) is 0 Å². The van der Waals surface area contributed by atoms with Crippen LogP contribution in [0.4, 0.5) is 0 Å². The highest BCUT2D eigenvalue weighted by Gasteiger charge is 2.10. The van der Waals surface area contributed by atoms with Gasteiger partial charge in [0.25, 0.3) is 0 Å². The topological polar surface area (TPSA) is 47.8 Å². The molecular weight excluding hydrogens is 250 g/mol. The number of hydrogen-bond donors (Lipinski definition) is 0. The Hall–Kier alpha value is -2.49. The molecule has 0 amide bonds. The lowest BCUT2D eigenvalue weighted by atomic mass is 10.1. The van der Waals surface area contributed by atoms with Crippen LogP contribution in [0.25, 0.3) is 16.9 Å². The molecule has 0 atom stereocenters. The van der Waals surface area contributed by atoms with Crippen LogP contribution in [0.3, 0.4) is 0 Å². The van der Waals surface area contributed by atoms with Crippen LogP contribution in [-0.4, -0.2) is 20.8 Å². The predicted octanol–water partition coefficient (Wildman–Crippen LogP) is 3.16. The molecule has 4 heteroatoms. The molecule has 20 heavy (non-hydrogen) atoms. The molecule has 0 unspecified atom stereocenters. The van der Waals surface area contributed by atoms with Gasteiger partial charge >= 0.3 is 0 Å². The van der Waals surface area contributed by atoms with E-state index in [0.717, 1.165) is 28.7 Å². The molecule has 0 saturated heterocycles. The predicted molar refractivity (Wildman–Crippen MR) is 78.5 cm³/mol. The number of aromatic nitrogens is 3. The van der Waals surface area contributed by atoms with Gasteiger partial charge in [0.2, 0.25) is 0 Å². The van der Waals surface area contributed by atoms with E-state index >= 15 is 0 Å². The maximum absolute atomic E-state index is 10.8. The van der Waals surface area contributed by atoms with E-state index in [1.165, 1.54) is 11.1 Å². The molecule has 0 radical (unpaired) electrons. The minimum absolute atomic E-state index is 0.586. The molecular formula is C16H15N3O. The first-order chi connectivity index (χ1) is 9.60. The van der Waals surface area contributed by atoms with Crippen molar-refractivity contribution in [2.45, 2.75) is 20.8 Å². The van der Waals surface area contributed by atoms with Gasteiger partial charge in [-0.2, -0.15) is 0 Å². The van der Waals surface area contributed by atoms with Crippen molar-refractivity contribution in [1.82, 2.24) is 14.5 Å². The molecule has 0 aliphatic heterocycles. The summed E-state index contributed by atoms with van der Waals surface area (Å²) in [5, 5.41) is 0. The number of carbonyl (C=O) groups is 1. The molecule has 1 aromatic carbocycles. The summed E-state index contributed by atoms with van der Waals surface area (Å²) in [5.74, 6) is 0.807. The minimum Gasteiger partial charge on any atom is -0.298 e. The summed E-state index contributed by atoms with van der Waals surface area (Å²) in [5.41, 5.74) is 5.97. The lowest BCUT2D eigenvalue weighted by Gasteiger charge is -2.08. The Kier molecular flexibility index (Phi) is 2.86. The Balaban J connectivity index is 2.24. The van der Waals surface area contributed by atoms with E-state index in [2.05, 4.69) is 35.9 Å². The summed E-state index contributed by atoms with van der Waals surface area (Å²) >= 11 is 0. The SMILES string of the molecule is Cc1cc2ncn(-c3ncc(C=O)cc3C)c2cc1C. The summed E-state index contributed by atoms with van der Waals surface area (Å²) in [7, 11) is 0. The molecule has 0 N–H and O–H groups in total. The fraction of sp³-hybridized carbons (Fsp3) is 0.188. The van der Waals surface area contributed by atoms with Crippen LogP contribution in [0.15, 0.2) is 30.7 Å². The lowest BCUT2D eigenvalue weighted by molar-refractivity contribution is 0.112. The maximum atomic E-state index is 10.8. The van der Waals surface area contributed by atoms with Crippen LogP contribution >= 0.6 is 0 Å². The summed E-state index contributed by atoms with van der Waals surface area (Å²) < 4.78 is 1.96. The third-order valence-electron chi connectivity index (χ3n) is 3.60. The van der Waals surface area contributed by atoms with Gasteiger partial charge in [0.15, 0.2) is 6.29 Å². The zero-order chi connectivity index (χ0) is 14.3. The number of carbonyl (C=O) groups excluding carboxylic acids is 1. The Morgan fingerprint density at radius 3 is 2.45 bits per heavy atom. The van der Waals surface area contributed by atoms with Crippen molar-refractivity contribution in [3.63, 3.8) is 0 Å². The Labute approximate surface area is 117 Å². The third kappa shape index (κ3) is 1.90. The van der Waals surface area contributed by atoms with Crippen molar-refractivity contribution in [3.8, 4) is 5.82 Å². The van der Waals surface area contributed by atoms with Gasteiger partial charge in [-0.05, 0) is 55.7 Å². The smallest absolute Gasteiger partial charge is 0.151 e. The number of hydrogen-bond acceptors (Lipinski definition) is 3. The highest BCUT2D eigenvalue weighted by molar-refractivity contribution is 5.80. The molecule has 0 spiro atoms. The van der Waals surface area contributed by atoms with Gasteiger partial charge < -0.3 is 0 Å². The highest BCUT2D eigenvalue weighted by Crippen LogP contribution is 2.22. The van der Waals surface area contributed by atoms with Gasteiger partial charge in [-0.1, -0.05) is 0 Å². The number of nitrogens with zero attached hydrogens (tertiary/aromatic N) is 3. The quantitative estimate of drug-likeness (QED) is 0.669. The monoisotopic (exact) mass is 265 g/mol. The normalized spacial score (nSPS) is 10.9. The van der Waals surface area contributed by atoms with Crippen LogP contribution in [0.5, 0.6) is 0 Å². The molecule has 4 nitrogen and oxygen atoms in total. The van der Waals surface area contributed by atoms with E-state index in [0.29, 0.717) is 5.56 Å². The molecule has 3 aromatic rings. The fourth-order valence-electron chi connectivity index (χ4n) is 2.34. The van der Waals surface area contributed by atoms with Crippen molar-refractivity contribution >= 4 is 17.3 Å². The first-order valence-corrected chi connectivity index (χ1v) is 6.46. The van der Waals surface area contributed by atoms with Crippen LogP contribution in [0.2, 0.25) is 0 Å².